The number of nitrogens with one attached hydrogen (secondary N) is 1. The predicted octanol–water partition coefficient (Wildman–Crippen LogP) is 2.89. The number of carboxylic acid groups (broad SMARTS) is 1. The fraction of sp³-hybridized carbons (Fsp3) is 0.167. The number of aliphatic carboxylic acids is 1. The molecule has 2 aromatic rings. The highest BCUT2D eigenvalue weighted by Crippen LogP contribution is 2.25. The van der Waals surface area contributed by atoms with E-state index in [2.05, 4.69) is 10.2 Å². The van der Waals surface area contributed by atoms with Crippen molar-refractivity contribution in [1.82, 2.24) is 10.2 Å². The molecule has 0 aliphatic carbocycles. The number of carboxylic acids is 1. The number of aromatic amines is 1. The molecule has 0 saturated carbocycles. The van der Waals surface area contributed by atoms with Gasteiger partial charge in [-0.3, -0.25) is 9.89 Å². The average molecular weight is 269 g/mol. The minimum Gasteiger partial charge on any atom is -0.481 e. The first-order valence-electron chi connectivity index (χ1n) is 5.28. The van der Waals surface area contributed by atoms with Crippen molar-refractivity contribution in [3.8, 4) is 11.3 Å². The van der Waals surface area contributed by atoms with Gasteiger partial charge in [0.05, 0.1) is 12.1 Å². The van der Waals surface area contributed by atoms with Gasteiger partial charge in [0.2, 0.25) is 0 Å². The van der Waals surface area contributed by atoms with Crippen molar-refractivity contribution < 1.29 is 14.3 Å². The Kier molecular flexibility index (Phi) is 3.62. The molecule has 0 atom stereocenters. The van der Waals surface area contributed by atoms with E-state index in [0.717, 1.165) is 0 Å². The first kappa shape index (κ1) is 12.6. The number of aromatic nitrogens is 2. The number of halogens is 2. The summed E-state index contributed by atoms with van der Waals surface area (Å²) in [5.74, 6) is -1.31. The summed E-state index contributed by atoms with van der Waals surface area (Å²) in [6.07, 6.45) is 0.324. The molecule has 0 unspecified atom stereocenters. The summed E-state index contributed by atoms with van der Waals surface area (Å²) in [6.45, 7) is 0. The third-order valence-electron chi connectivity index (χ3n) is 2.44. The van der Waals surface area contributed by atoms with Gasteiger partial charge in [0.25, 0.3) is 0 Å². The number of hydrogen-bond donors (Lipinski definition) is 2. The zero-order valence-electron chi connectivity index (χ0n) is 9.28. The molecule has 0 spiro atoms. The number of hydrogen-bond acceptors (Lipinski definition) is 2. The molecule has 0 amide bonds. The van der Waals surface area contributed by atoms with Crippen molar-refractivity contribution in [1.29, 1.82) is 0 Å². The van der Waals surface area contributed by atoms with E-state index in [-0.39, 0.29) is 6.42 Å². The molecule has 2 rings (SSSR count). The van der Waals surface area contributed by atoms with E-state index in [9.17, 15) is 9.18 Å². The lowest BCUT2D eigenvalue weighted by Crippen LogP contribution is -1.97. The van der Waals surface area contributed by atoms with Gasteiger partial charge in [-0.1, -0.05) is 11.6 Å². The second-order valence-corrected chi connectivity index (χ2v) is 4.23. The van der Waals surface area contributed by atoms with Crippen LogP contribution in [-0.2, 0) is 11.2 Å². The first-order chi connectivity index (χ1) is 8.56. The molecule has 1 heterocycles. The minimum absolute atomic E-state index is 0.000336. The van der Waals surface area contributed by atoms with Crippen LogP contribution in [0.3, 0.4) is 0 Å². The van der Waals surface area contributed by atoms with Crippen LogP contribution in [0.15, 0.2) is 24.3 Å². The summed E-state index contributed by atoms with van der Waals surface area (Å²) in [7, 11) is 0. The molecule has 1 aromatic carbocycles. The normalized spacial score (nSPS) is 10.6. The van der Waals surface area contributed by atoms with E-state index >= 15 is 0 Å². The van der Waals surface area contributed by atoms with Crippen LogP contribution >= 0.6 is 11.6 Å². The Morgan fingerprint density at radius 2 is 2.22 bits per heavy atom. The van der Waals surface area contributed by atoms with Crippen LogP contribution in [0.25, 0.3) is 11.3 Å². The molecule has 94 valence electrons. The fourth-order valence-corrected chi connectivity index (χ4v) is 1.74. The monoisotopic (exact) mass is 268 g/mol. The Labute approximate surface area is 107 Å². The van der Waals surface area contributed by atoms with Gasteiger partial charge < -0.3 is 5.11 Å². The van der Waals surface area contributed by atoms with Crippen molar-refractivity contribution in [2.45, 2.75) is 12.8 Å². The maximum Gasteiger partial charge on any atom is 0.303 e. The Bertz CT molecular complexity index is 583. The topological polar surface area (TPSA) is 66.0 Å². The standard InChI is InChI=1S/C12H10ClFN2O2/c13-7-1-3-10(14)9(5-7)11-6-8(15-16-11)2-4-12(17)18/h1,3,5-6H,2,4H2,(H,15,16)(H,17,18). The molecule has 1 aromatic heterocycles. The predicted molar refractivity (Wildman–Crippen MR) is 64.9 cm³/mol. The first-order valence-corrected chi connectivity index (χ1v) is 5.65. The maximum absolute atomic E-state index is 13.6. The molecule has 0 fully saturated rings. The summed E-state index contributed by atoms with van der Waals surface area (Å²) in [5, 5.41) is 15.6. The highest BCUT2D eigenvalue weighted by molar-refractivity contribution is 6.30. The number of rotatable bonds is 4. The number of nitrogens with zero attached hydrogens (tertiary/aromatic N) is 1. The molecule has 6 heteroatoms. The summed E-state index contributed by atoms with van der Waals surface area (Å²) >= 11 is 5.79. The molecule has 2 N–H and O–H groups in total. The van der Waals surface area contributed by atoms with Crippen molar-refractivity contribution in [3.05, 3.63) is 40.8 Å². The highest BCUT2D eigenvalue weighted by Gasteiger charge is 2.10. The third kappa shape index (κ3) is 2.87. The smallest absolute Gasteiger partial charge is 0.303 e. The second kappa shape index (κ2) is 5.18. The van der Waals surface area contributed by atoms with Crippen molar-refractivity contribution in [2.75, 3.05) is 0 Å². The van der Waals surface area contributed by atoms with Gasteiger partial charge in [-0.25, -0.2) is 4.39 Å². The van der Waals surface area contributed by atoms with E-state index in [1.807, 2.05) is 0 Å². The van der Waals surface area contributed by atoms with E-state index in [0.29, 0.717) is 28.4 Å². The van der Waals surface area contributed by atoms with Crippen LogP contribution in [0.1, 0.15) is 12.1 Å². The van der Waals surface area contributed by atoms with Gasteiger partial charge in [-0.05, 0) is 30.7 Å². The average Bonchev–Trinajstić information content (AvgIpc) is 2.78. The number of aryl methyl sites for hydroxylation is 1. The molecule has 0 radical (unpaired) electrons. The van der Waals surface area contributed by atoms with Crippen LogP contribution in [0.2, 0.25) is 5.02 Å². The number of benzene rings is 1. The Hall–Kier alpha value is -1.88. The van der Waals surface area contributed by atoms with E-state index in [1.165, 1.54) is 18.2 Å². The molecular formula is C12H10ClFN2O2. The van der Waals surface area contributed by atoms with Crippen LogP contribution in [-0.4, -0.2) is 21.3 Å². The zero-order chi connectivity index (χ0) is 13.1. The highest BCUT2D eigenvalue weighted by atomic mass is 35.5. The fourth-order valence-electron chi connectivity index (χ4n) is 1.56. The van der Waals surface area contributed by atoms with E-state index in [4.69, 9.17) is 16.7 Å². The van der Waals surface area contributed by atoms with Gasteiger partial charge >= 0.3 is 5.97 Å². The Morgan fingerprint density at radius 3 is 2.94 bits per heavy atom. The van der Waals surface area contributed by atoms with Gasteiger partial charge in [0, 0.05) is 16.3 Å². The zero-order valence-corrected chi connectivity index (χ0v) is 10.0. The Morgan fingerprint density at radius 1 is 1.44 bits per heavy atom. The molecular weight excluding hydrogens is 259 g/mol. The van der Waals surface area contributed by atoms with Crippen LogP contribution < -0.4 is 0 Å². The van der Waals surface area contributed by atoms with E-state index < -0.39 is 11.8 Å². The summed E-state index contributed by atoms with van der Waals surface area (Å²) in [6, 6.07) is 5.83. The summed E-state index contributed by atoms with van der Waals surface area (Å²) in [4.78, 5) is 10.4. The van der Waals surface area contributed by atoms with Crippen LogP contribution in [0.5, 0.6) is 0 Å². The molecule has 4 nitrogen and oxygen atoms in total. The third-order valence-corrected chi connectivity index (χ3v) is 2.68. The lowest BCUT2D eigenvalue weighted by Gasteiger charge is -1.99. The van der Waals surface area contributed by atoms with Gasteiger partial charge in [0.15, 0.2) is 0 Å². The maximum atomic E-state index is 13.6. The van der Waals surface area contributed by atoms with Crippen molar-refractivity contribution in [3.63, 3.8) is 0 Å². The van der Waals surface area contributed by atoms with E-state index in [1.54, 1.807) is 6.07 Å². The molecule has 0 bridgehead atoms. The minimum atomic E-state index is -0.889. The van der Waals surface area contributed by atoms with Crippen LogP contribution in [0.4, 0.5) is 4.39 Å². The van der Waals surface area contributed by atoms with Gasteiger partial charge in [-0.2, -0.15) is 5.10 Å². The summed E-state index contributed by atoms with van der Waals surface area (Å²) < 4.78 is 13.6. The van der Waals surface area contributed by atoms with Crippen molar-refractivity contribution >= 4 is 17.6 Å². The second-order valence-electron chi connectivity index (χ2n) is 3.80. The molecule has 0 saturated heterocycles. The largest absolute Gasteiger partial charge is 0.481 e. The van der Waals surface area contributed by atoms with Gasteiger partial charge in [0.1, 0.15) is 5.82 Å². The molecule has 0 aliphatic heterocycles. The SMILES string of the molecule is O=C(O)CCc1cc(-c2cc(Cl)ccc2F)n[nH]1. The lowest BCUT2D eigenvalue weighted by molar-refractivity contribution is -0.136. The molecule has 0 aliphatic rings. The quantitative estimate of drug-likeness (QED) is 0.896. The van der Waals surface area contributed by atoms with Gasteiger partial charge in [-0.15, -0.1) is 0 Å². The molecule has 18 heavy (non-hydrogen) atoms. The lowest BCUT2D eigenvalue weighted by atomic mass is 10.1. The van der Waals surface area contributed by atoms with Crippen LogP contribution in [0, 0.1) is 5.82 Å². The summed E-state index contributed by atoms with van der Waals surface area (Å²) in [5.41, 5.74) is 1.35. The van der Waals surface area contributed by atoms with Crippen molar-refractivity contribution in [2.24, 2.45) is 0 Å². The number of H-pyrrole nitrogens is 1. The number of carbonyl (C=O) groups is 1. The Balaban J connectivity index is 2.23.